The number of hydrogen-bond donors (Lipinski definition) is 3. The van der Waals surface area contributed by atoms with Gasteiger partial charge in [0.2, 0.25) is 0 Å². The molecule has 5 nitrogen and oxygen atoms in total. The quantitative estimate of drug-likeness (QED) is 0.729. The van der Waals surface area contributed by atoms with Crippen LogP contribution in [0.2, 0.25) is 0 Å². The van der Waals surface area contributed by atoms with Crippen molar-refractivity contribution in [2.45, 2.75) is 76.7 Å². The Morgan fingerprint density at radius 3 is 2.24 bits per heavy atom. The van der Waals surface area contributed by atoms with E-state index in [2.05, 4.69) is 10.6 Å². The third kappa shape index (κ3) is 5.21. The first kappa shape index (κ1) is 16.1. The molecule has 0 unspecified atom stereocenters. The zero-order valence-corrected chi connectivity index (χ0v) is 12.8. The maximum atomic E-state index is 12.0. The topological polar surface area (TPSA) is 78.4 Å². The van der Waals surface area contributed by atoms with Crippen molar-refractivity contribution in [1.29, 1.82) is 0 Å². The molecule has 5 heteroatoms. The molecule has 2 aliphatic carbocycles. The van der Waals surface area contributed by atoms with E-state index in [1.54, 1.807) is 0 Å². The van der Waals surface area contributed by atoms with Gasteiger partial charge in [-0.3, -0.25) is 4.79 Å². The Morgan fingerprint density at radius 2 is 1.62 bits per heavy atom. The number of urea groups is 1. The summed E-state index contributed by atoms with van der Waals surface area (Å²) in [7, 11) is 0. The van der Waals surface area contributed by atoms with E-state index < -0.39 is 5.97 Å². The van der Waals surface area contributed by atoms with E-state index in [1.807, 2.05) is 0 Å². The van der Waals surface area contributed by atoms with E-state index in [-0.39, 0.29) is 17.9 Å². The monoisotopic (exact) mass is 296 g/mol. The molecule has 0 heterocycles. The van der Waals surface area contributed by atoms with Crippen molar-refractivity contribution in [1.82, 2.24) is 10.6 Å². The Hall–Kier alpha value is -1.26. The molecule has 2 fully saturated rings. The minimum atomic E-state index is -0.758. The molecule has 0 aromatic heterocycles. The van der Waals surface area contributed by atoms with Crippen LogP contribution in [0.25, 0.3) is 0 Å². The van der Waals surface area contributed by atoms with Crippen LogP contribution < -0.4 is 10.6 Å². The maximum Gasteiger partial charge on any atom is 0.315 e. The fraction of sp³-hybridized carbons (Fsp3) is 0.875. The lowest BCUT2D eigenvalue weighted by atomic mass is 9.72. The summed E-state index contributed by atoms with van der Waals surface area (Å²) in [5, 5.41) is 15.1. The van der Waals surface area contributed by atoms with Crippen LogP contribution in [0.1, 0.15) is 70.6 Å². The molecule has 0 spiro atoms. The summed E-state index contributed by atoms with van der Waals surface area (Å²) in [5.41, 5.74) is -0.242. The van der Waals surface area contributed by atoms with Crippen molar-refractivity contribution in [3.05, 3.63) is 0 Å². The molecular weight excluding hydrogens is 268 g/mol. The summed E-state index contributed by atoms with van der Waals surface area (Å²) in [6, 6.07) is 0.165. The molecule has 2 rings (SSSR count). The lowest BCUT2D eigenvalue weighted by Gasteiger charge is -2.36. The predicted octanol–water partition coefficient (Wildman–Crippen LogP) is 3.04. The number of carboxylic acids is 1. The number of aliphatic carboxylic acids is 1. The summed E-state index contributed by atoms with van der Waals surface area (Å²) < 4.78 is 0. The summed E-state index contributed by atoms with van der Waals surface area (Å²) in [6.07, 6.45) is 11.1. The van der Waals surface area contributed by atoms with Crippen molar-refractivity contribution in [2.24, 2.45) is 5.41 Å². The molecule has 0 aliphatic heterocycles. The molecule has 21 heavy (non-hydrogen) atoms. The highest BCUT2D eigenvalue weighted by Crippen LogP contribution is 2.38. The Kier molecular flexibility index (Phi) is 5.88. The molecule has 2 saturated carbocycles. The Morgan fingerprint density at radius 1 is 1.00 bits per heavy atom. The van der Waals surface area contributed by atoms with Gasteiger partial charge in [0.25, 0.3) is 0 Å². The average Bonchev–Trinajstić information content (AvgIpc) is 2.47. The van der Waals surface area contributed by atoms with E-state index in [0.717, 1.165) is 38.5 Å². The number of carbonyl (C=O) groups is 2. The van der Waals surface area contributed by atoms with Gasteiger partial charge in [-0.2, -0.15) is 0 Å². The number of carboxylic acid groups (broad SMARTS) is 1. The third-order valence-electron chi connectivity index (χ3n) is 5.00. The fourth-order valence-electron chi connectivity index (χ4n) is 3.79. The van der Waals surface area contributed by atoms with Crippen molar-refractivity contribution >= 4 is 12.0 Å². The van der Waals surface area contributed by atoms with Crippen LogP contribution in [0.5, 0.6) is 0 Å². The summed E-state index contributed by atoms with van der Waals surface area (Å²) >= 11 is 0. The molecule has 0 saturated heterocycles. The number of amides is 2. The van der Waals surface area contributed by atoms with Gasteiger partial charge in [0.1, 0.15) is 0 Å². The first-order valence-corrected chi connectivity index (χ1v) is 8.36. The van der Waals surface area contributed by atoms with Crippen LogP contribution in [-0.4, -0.2) is 29.7 Å². The zero-order chi connectivity index (χ0) is 15.1. The van der Waals surface area contributed by atoms with Gasteiger partial charge < -0.3 is 15.7 Å². The van der Waals surface area contributed by atoms with Gasteiger partial charge in [0, 0.05) is 12.6 Å². The largest absolute Gasteiger partial charge is 0.481 e. The highest BCUT2D eigenvalue weighted by molar-refractivity contribution is 5.74. The molecule has 0 atom stereocenters. The molecule has 0 aromatic carbocycles. The normalized spacial score (nSPS) is 22.5. The first-order valence-electron chi connectivity index (χ1n) is 8.36. The summed E-state index contributed by atoms with van der Waals surface area (Å²) in [6.45, 7) is 0.484. The first-order chi connectivity index (χ1) is 10.1. The van der Waals surface area contributed by atoms with Crippen molar-refractivity contribution < 1.29 is 14.7 Å². The smallest absolute Gasteiger partial charge is 0.315 e. The van der Waals surface area contributed by atoms with Gasteiger partial charge in [-0.15, -0.1) is 0 Å². The van der Waals surface area contributed by atoms with Gasteiger partial charge in [-0.05, 0) is 31.1 Å². The molecule has 2 aliphatic rings. The lowest BCUT2D eigenvalue weighted by molar-refractivity contribution is -0.140. The van der Waals surface area contributed by atoms with Gasteiger partial charge in [-0.1, -0.05) is 38.5 Å². The van der Waals surface area contributed by atoms with E-state index >= 15 is 0 Å². The van der Waals surface area contributed by atoms with Crippen LogP contribution in [0.3, 0.4) is 0 Å². The zero-order valence-electron chi connectivity index (χ0n) is 12.8. The van der Waals surface area contributed by atoms with Gasteiger partial charge in [0.15, 0.2) is 0 Å². The Balaban J connectivity index is 1.79. The minimum Gasteiger partial charge on any atom is -0.481 e. The molecule has 3 N–H and O–H groups in total. The Labute approximate surface area is 126 Å². The highest BCUT2D eigenvalue weighted by atomic mass is 16.4. The van der Waals surface area contributed by atoms with E-state index in [0.29, 0.717) is 12.6 Å². The van der Waals surface area contributed by atoms with Crippen LogP contribution in [0.15, 0.2) is 0 Å². The highest BCUT2D eigenvalue weighted by Gasteiger charge is 2.34. The summed E-state index contributed by atoms with van der Waals surface area (Å²) in [5.74, 6) is -0.758. The molecular formula is C16H28N2O3. The molecule has 120 valence electrons. The van der Waals surface area contributed by atoms with E-state index in [9.17, 15) is 9.59 Å². The molecule has 0 bridgehead atoms. The standard InChI is InChI=1S/C16H28N2O3/c19-14(20)11-16(9-5-2-6-10-16)12-17-15(21)18-13-7-3-1-4-8-13/h13H,1-12H2,(H,19,20)(H2,17,18,21). The maximum absolute atomic E-state index is 12.0. The molecule has 0 aromatic rings. The fourth-order valence-corrected chi connectivity index (χ4v) is 3.79. The van der Waals surface area contributed by atoms with Crippen LogP contribution in [0, 0.1) is 5.41 Å². The second-order valence-electron chi connectivity index (χ2n) is 6.79. The van der Waals surface area contributed by atoms with Crippen LogP contribution >= 0.6 is 0 Å². The second kappa shape index (κ2) is 7.66. The van der Waals surface area contributed by atoms with Crippen LogP contribution in [0.4, 0.5) is 4.79 Å². The van der Waals surface area contributed by atoms with Crippen LogP contribution in [-0.2, 0) is 4.79 Å². The second-order valence-corrected chi connectivity index (χ2v) is 6.79. The third-order valence-corrected chi connectivity index (χ3v) is 5.00. The SMILES string of the molecule is O=C(O)CC1(CNC(=O)NC2CCCCC2)CCCCC1. The number of rotatable bonds is 5. The van der Waals surface area contributed by atoms with Crippen molar-refractivity contribution in [3.8, 4) is 0 Å². The molecule has 2 amide bonds. The van der Waals surface area contributed by atoms with Gasteiger partial charge in [0.05, 0.1) is 6.42 Å². The number of carbonyl (C=O) groups excluding carboxylic acids is 1. The number of hydrogen-bond acceptors (Lipinski definition) is 2. The van der Waals surface area contributed by atoms with E-state index in [4.69, 9.17) is 5.11 Å². The molecule has 0 radical (unpaired) electrons. The predicted molar refractivity (Wildman–Crippen MR) is 81.2 cm³/mol. The summed E-state index contributed by atoms with van der Waals surface area (Å²) in [4.78, 5) is 23.1. The number of nitrogens with one attached hydrogen (secondary N) is 2. The van der Waals surface area contributed by atoms with Crippen molar-refractivity contribution in [3.63, 3.8) is 0 Å². The van der Waals surface area contributed by atoms with Gasteiger partial charge in [-0.25, -0.2) is 4.79 Å². The van der Waals surface area contributed by atoms with Crippen molar-refractivity contribution in [2.75, 3.05) is 6.54 Å². The van der Waals surface area contributed by atoms with E-state index in [1.165, 1.54) is 25.7 Å². The Bertz CT molecular complexity index is 359. The van der Waals surface area contributed by atoms with Gasteiger partial charge >= 0.3 is 12.0 Å². The minimum absolute atomic E-state index is 0.128. The average molecular weight is 296 g/mol. The lowest BCUT2D eigenvalue weighted by Crippen LogP contribution is -2.47.